The number of hydrogen-bond acceptors (Lipinski definition) is 5. The van der Waals surface area contributed by atoms with Crippen molar-refractivity contribution in [3.63, 3.8) is 0 Å². The maximum absolute atomic E-state index is 12.2. The summed E-state index contributed by atoms with van der Waals surface area (Å²) in [5.74, 6) is -1.18. The average Bonchev–Trinajstić information content (AvgIpc) is 2.99. The molecule has 3 rings (SSSR count). The van der Waals surface area contributed by atoms with E-state index in [1.165, 1.54) is 0 Å². The summed E-state index contributed by atoms with van der Waals surface area (Å²) in [6.45, 7) is 0.139. The fourth-order valence-corrected chi connectivity index (χ4v) is 3.60. The van der Waals surface area contributed by atoms with E-state index in [4.69, 9.17) is 16.2 Å². The first kappa shape index (κ1) is 19.9. The normalized spacial score (nSPS) is 13.7. The van der Waals surface area contributed by atoms with Crippen LogP contribution in [-0.2, 0) is 9.53 Å². The number of carboxylic acids is 1. The molecule has 0 saturated carbocycles. The van der Waals surface area contributed by atoms with Crippen LogP contribution in [0.1, 0.15) is 36.3 Å². The van der Waals surface area contributed by atoms with Gasteiger partial charge in [0.2, 0.25) is 0 Å². The molecular formula is C21H25N3O4. The van der Waals surface area contributed by atoms with E-state index in [1.54, 1.807) is 0 Å². The molecule has 0 fully saturated rings. The number of benzene rings is 2. The van der Waals surface area contributed by atoms with Crippen molar-refractivity contribution in [3.8, 4) is 11.1 Å². The van der Waals surface area contributed by atoms with Crippen LogP contribution in [0.15, 0.2) is 48.5 Å². The van der Waals surface area contributed by atoms with E-state index >= 15 is 0 Å². The molecule has 28 heavy (non-hydrogen) atoms. The predicted octanol–water partition coefficient (Wildman–Crippen LogP) is 2.39. The Labute approximate surface area is 163 Å². The zero-order chi connectivity index (χ0) is 20.1. The number of fused-ring (bicyclic) bond motifs is 3. The summed E-state index contributed by atoms with van der Waals surface area (Å²) in [5, 5.41) is 11.7. The minimum absolute atomic E-state index is 0.0725. The Hall–Kier alpha value is -2.90. The van der Waals surface area contributed by atoms with Crippen molar-refractivity contribution in [1.29, 1.82) is 0 Å². The highest BCUT2D eigenvalue weighted by Crippen LogP contribution is 2.44. The Kier molecular flexibility index (Phi) is 6.28. The van der Waals surface area contributed by atoms with Gasteiger partial charge in [-0.15, -0.1) is 0 Å². The van der Waals surface area contributed by atoms with Gasteiger partial charge in [-0.05, 0) is 41.5 Å². The first-order chi connectivity index (χ1) is 13.5. The Morgan fingerprint density at radius 1 is 1.00 bits per heavy atom. The third-order valence-corrected chi connectivity index (χ3v) is 4.96. The summed E-state index contributed by atoms with van der Waals surface area (Å²) in [5.41, 5.74) is 15.4. The van der Waals surface area contributed by atoms with E-state index in [1.807, 2.05) is 36.4 Å². The SMILES string of the molecule is NC(N)CCC[C@H](NC(=O)OCC1c2ccccc2-c2ccccc21)C(=O)O. The number of alkyl carbamates (subject to hydrolysis) is 1. The largest absolute Gasteiger partial charge is 0.480 e. The zero-order valence-electron chi connectivity index (χ0n) is 15.5. The molecule has 7 nitrogen and oxygen atoms in total. The molecule has 2 aromatic rings. The van der Waals surface area contributed by atoms with E-state index in [9.17, 15) is 14.7 Å². The molecule has 0 spiro atoms. The van der Waals surface area contributed by atoms with Crippen molar-refractivity contribution in [2.24, 2.45) is 11.5 Å². The molecule has 0 bridgehead atoms. The van der Waals surface area contributed by atoms with Gasteiger partial charge in [-0.2, -0.15) is 0 Å². The number of nitrogens with two attached hydrogens (primary N) is 2. The second kappa shape index (κ2) is 8.86. The van der Waals surface area contributed by atoms with E-state index in [-0.39, 0.29) is 18.9 Å². The topological polar surface area (TPSA) is 128 Å². The van der Waals surface area contributed by atoms with Gasteiger partial charge in [0.1, 0.15) is 12.6 Å². The molecule has 1 atom stereocenters. The number of hydrogen-bond donors (Lipinski definition) is 4. The van der Waals surface area contributed by atoms with Crippen LogP contribution in [0.25, 0.3) is 11.1 Å². The smallest absolute Gasteiger partial charge is 0.407 e. The molecular weight excluding hydrogens is 358 g/mol. The quantitative estimate of drug-likeness (QED) is 0.518. The van der Waals surface area contributed by atoms with Gasteiger partial charge < -0.3 is 26.6 Å². The summed E-state index contributed by atoms with van der Waals surface area (Å²) in [4.78, 5) is 23.6. The van der Waals surface area contributed by atoms with Crippen LogP contribution in [0, 0.1) is 0 Å². The second-order valence-electron chi connectivity index (χ2n) is 6.96. The molecule has 0 unspecified atom stereocenters. The molecule has 7 heteroatoms. The van der Waals surface area contributed by atoms with Crippen LogP contribution in [0.3, 0.4) is 0 Å². The number of aliphatic carboxylic acids is 1. The molecule has 0 aliphatic heterocycles. The van der Waals surface area contributed by atoms with Gasteiger partial charge in [0.25, 0.3) is 0 Å². The zero-order valence-corrected chi connectivity index (χ0v) is 15.5. The van der Waals surface area contributed by atoms with Gasteiger partial charge in [-0.25, -0.2) is 9.59 Å². The summed E-state index contributed by atoms with van der Waals surface area (Å²) >= 11 is 0. The monoisotopic (exact) mass is 383 g/mol. The fraction of sp³-hybridized carbons (Fsp3) is 0.333. The van der Waals surface area contributed by atoms with E-state index in [0.29, 0.717) is 12.8 Å². The number of nitrogens with one attached hydrogen (secondary N) is 1. The van der Waals surface area contributed by atoms with Crippen LogP contribution >= 0.6 is 0 Å². The van der Waals surface area contributed by atoms with Crippen molar-refractivity contribution in [1.82, 2.24) is 5.32 Å². The molecule has 1 aliphatic carbocycles. The molecule has 6 N–H and O–H groups in total. The molecule has 148 valence electrons. The van der Waals surface area contributed by atoms with Gasteiger partial charge in [0.15, 0.2) is 0 Å². The lowest BCUT2D eigenvalue weighted by Crippen LogP contribution is -2.41. The molecule has 0 aromatic heterocycles. The average molecular weight is 383 g/mol. The van der Waals surface area contributed by atoms with Crippen LogP contribution in [0.5, 0.6) is 0 Å². The maximum atomic E-state index is 12.2. The predicted molar refractivity (Wildman–Crippen MR) is 106 cm³/mol. The summed E-state index contributed by atoms with van der Waals surface area (Å²) in [6, 6.07) is 15.0. The number of rotatable bonds is 8. The number of ether oxygens (including phenoxy) is 1. The number of carbonyl (C=O) groups excluding carboxylic acids is 1. The molecule has 2 aromatic carbocycles. The third-order valence-electron chi connectivity index (χ3n) is 4.96. The molecule has 0 radical (unpaired) electrons. The summed E-state index contributed by atoms with van der Waals surface area (Å²) in [7, 11) is 0. The number of amides is 1. The third kappa shape index (κ3) is 4.49. The summed E-state index contributed by atoms with van der Waals surface area (Å²) < 4.78 is 5.38. The summed E-state index contributed by atoms with van der Waals surface area (Å²) in [6.07, 6.45) is -0.0194. The molecule has 1 aliphatic rings. The Balaban J connectivity index is 1.62. The van der Waals surface area contributed by atoms with Crippen molar-refractivity contribution >= 4 is 12.1 Å². The van der Waals surface area contributed by atoms with Crippen molar-refractivity contribution in [2.75, 3.05) is 6.61 Å². The van der Waals surface area contributed by atoms with E-state index in [2.05, 4.69) is 17.4 Å². The highest BCUT2D eigenvalue weighted by molar-refractivity contribution is 5.81. The van der Waals surface area contributed by atoms with E-state index in [0.717, 1.165) is 22.3 Å². The highest BCUT2D eigenvalue weighted by atomic mass is 16.5. The standard InChI is InChI=1S/C21H25N3O4/c22-19(23)11-5-10-18(20(25)26)24-21(27)28-12-17-15-8-3-1-6-13(15)14-7-2-4-9-16(14)17/h1-4,6-9,17-19H,5,10-12,22-23H2,(H,24,27)(H,25,26)/t18-/m0/s1. The van der Waals surface area contributed by atoms with Crippen LogP contribution in [-0.4, -0.2) is 36.0 Å². The van der Waals surface area contributed by atoms with Crippen molar-refractivity contribution in [2.45, 2.75) is 37.4 Å². The second-order valence-corrected chi connectivity index (χ2v) is 6.96. The highest BCUT2D eigenvalue weighted by Gasteiger charge is 2.29. The van der Waals surface area contributed by atoms with Gasteiger partial charge >= 0.3 is 12.1 Å². The van der Waals surface area contributed by atoms with Gasteiger partial charge in [-0.1, -0.05) is 48.5 Å². The molecule has 0 heterocycles. The lowest BCUT2D eigenvalue weighted by molar-refractivity contribution is -0.139. The lowest BCUT2D eigenvalue weighted by atomic mass is 9.98. The Morgan fingerprint density at radius 3 is 2.11 bits per heavy atom. The van der Waals surface area contributed by atoms with Gasteiger partial charge in [0.05, 0.1) is 6.17 Å². The molecule has 1 amide bonds. The minimum Gasteiger partial charge on any atom is -0.480 e. The first-order valence-corrected chi connectivity index (χ1v) is 9.33. The fourth-order valence-electron chi connectivity index (χ4n) is 3.60. The van der Waals surface area contributed by atoms with Crippen molar-refractivity contribution < 1.29 is 19.4 Å². The molecule has 0 saturated heterocycles. The van der Waals surface area contributed by atoms with Crippen molar-refractivity contribution in [3.05, 3.63) is 59.7 Å². The van der Waals surface area contributed by atoms with Crippen LogP contribution in [0.2, 0.25) is 0 Å². The van der Waals surface area contributed by atoms with Gasteiger partial charge in [0, 0.05) is 5.92 Å². The first-order valence-electron chi connectivity index (χ1n) is 9.33. The number of carbonyl (C=O) groups is 2. The lowest BCUT2D eigenvalue weighted by Gasteiger charge is -2.17. The van der Waals surface area contributed by atoms with E-state index < -0.39 is 24.3 Å². The Bertz CT molecular complexity index is 808. The van der Waals surface area contributed by atoms with Crippen LogP contribution in [0.4, 0.5) is 4.79 Å². The Morgan fingerprint density at radius 2 is 1.57 bits per heavy atom. The minimum atomic E-state index is -1.11. The van der Waals surface area contributed by atoms with Gasteiger partial charge in [-0.3, -0.25) is 0 Å². The number of carboxylic acid groups (broad SMARTS) is 1. The van der Waals surface area contributed by atoms with Crippen LogP contribution < -0.4 is 16.8 Å². The maximum Gasteiger partial charge on any atom is 0.407 e.